The van der Waals surface area contributed by atoms with Crippen LogP contribution in [0.4, 0.5) is 0 Å². The van der Waals surface area contributed by atoms with Gasteiger partial charge in [-0.05, 0) is 0 Å². The third-order valence-corrected chi connectivity index (χ3v) is 0. The van der Waals surface area contributed by atoms with Crippen LogP contribution in [-0.4, -0.2) is 0 Å². The summed E-state index contributed by atoms with van der Waals surface area (Å²) >= 11 is 0. The zero-order valence-corrected chi connectivity index (χ0v) is 11.1. The van der Waals surface area contributed by atoms with Gasteiger partial charge >= 0.3 is 0 Å². The van der Waals surface area contributed by atoms with Gasteiger partial charge in [-0.2, -0.15) is 0 Å². The van der Waals surface area contributed by atoms with E-state index in [2.05, 4.69) is 0 Å². The Morgan fingerprint density at radius 2 is 0.333 bits per heavy atom. The van der Waals surface area contributed by atoms with Gasteiger partial charge in [-0.3, -0.25) is 0 Å². The van der Waals surface area contributed by atoms with Crippen molar-refractivity contribution in [1.82, 2.24) is 0 Å². The third kappa shape index (κ3) is 25.2. The Balaban J connectivity index is 0. The molecule has 0 heterocycles. The quantitative estimate of drug-likeness (QED) is 0.504. The molecule has 0 atom stereocenters. The number of hydrogen-bond donors (Lipinski definition) is 0. The molecule has 0 amide bonds. The van der Waals surface area contributed by atoms with Crippen LogP contribution < -0.4 is 0 Å². The predicted octanol–water partition coefficient (Wildman–Crippen LogP) is -0.0125. The van der Waals surface area contributed by atoms with E-state index in [4.69, 9.17) is 0 Å². The monoisotopic (exact) mass is 434 g/mol. The summed E-state index contributed by atoms with van der Waals surface area (Å²) in [6, 6.07) is 0. The molecule has 6 heavy (non-hydrogen) atoms. The maximum absolute atomic E-state index is 0. The molecule has 6 heteroatoms. The fourth-order valence-corrected chi connectivity index (χ4v) is 0. The van der Waals surface area contributed by atoms with Crippen molar-refractivity contribution in [3.8, 4) is 0 Å². The van der Waals surface area contributed by atoms with Gasteiger partial charge in [0.15, 0.2) is 0 Å². The van der Waals surface area contributed by atoms with E-state index in [1.807, 2.05) is 0 Å². The molecule has 0 nitrogen and oxygen atoms in total. The maximum atomic E-state index is 0. The van der Waals surface area contributed by atoms with Crippen molar-refractivity contribution in [2.24, 2.45) is 0 Å². The molecular formula is Co5La. The summed E-state index contributed by atoms with van der Waals surface area (Å²) in [6.45, 7) is 0. The van der Waals surface area contributed by atoms with Gasteiger partial charge < -0.3 is 0 Å². The van der Waals surface area contributed by atoms with Gasteiger partial charge in [0.2, 0.25) is 0 Å². The van der Waals surface area contributed by atoms with Crippen LogP contribution in [0.3, 0.4) is 0 Å². The predicted molar refractivity (Wildman–Crippen MR) is 0 cm³/mol. The molecular weight excluding hydrogens is 434 g/mol. The van der Waals surface area contributed by atoms with Crippen molar-refractivity contribution < 1.29 is 119 Å². The molecule has 6 radical (unpaired) electrons. The van der Waals surface area contributed by atoms with Crippen LogP contribution in [0.25, 0.3) is 0 Å². The topological polar surface area (TPSA) is 0 Å². The van der Waals surface area contributed by atoms with Crippen LogP contribution >= 0.6 is 0 Å². The molecule has 0 unspecified atom stereocenters. The van der Waals surface area contributed by atoms with E-state index in [1.54, 1.807) is 0 Å². The van der Waals surface area contributed by atoms with Crippen molar-refractivity contribution >= 4 is 0 Å². The average Bonchev–Trinajstić information content (AvgIpc) is 0. The van der Waals surface area contributed by atoms with E-state index in [0.29, 0.717) is 0 Å². The number of rotatable bonds is 0. The summed E-state index contributed by atoms with van der Waals surface area (Å²) in [5.41, 5.74) is 0. The van der Waals surface area contributed by atoms with E-state index >= 15 is 0 Å². The Bertz CT molecular complexity index is 3.90. The average molecular weight is 434 g/mol. The molecule has 0 spiro atoms. The third-order valence-electron chi connectivity index (χ3n) is 0. The molecule has 0 fully saturated rings. The normalized spacial score (nSPS) is 0. The summed E-state index contributed by atoms with van der Waals surface area (Å²) < 4.78 is 0. The van der Waals surface area contributed by atoms with Crippen LogP contribution in [0, 0.1) is 35.6 Å². The van der Waals surface area contributed by atoms with Gasteiger partial charge in [-0.1, -0.05) is 0 Å². The SMILES string of the molecule is [Co].[Co].[Co].[Co].[Co].[La]. The Morgan fingerprint density at radius 3 is 0.333 bits per heavy atom. The zero-order chi connectivity index (χ0) is 0. The van der Waals surface area contributed by atoms with E-state index in [9.17, 15) is 0 Å². The van der Waals surface area contributed by atoms with E-state index in [-0.39, 0.29) is 119 Å². The van der Waals surface area contributed by atoms with Crippen LogP contribution in [0.15, 0.2) is 0 Å². The summed E-state index contributed by atoms with van der Waals surface area (Å²) in [5, 5.41) is 0. The fourth-order valence-electron chi connectivity index (χ4n) is 0. The van der Waals surface area contributed by atoms with Gasteiger partial charge in [0.25, 0.3) is 0 Å². The summed E-state index contributed by atoms with van der Waals surface area (Å²) in [7, 11) is 0. The first kappa shape index (κ1) is 53.3. The van der Waals surface area contributed by atoms with Crippen LogP contribution in [-0.2, 0) is 83.9 Å². The van der Waals surface area contributed by atoms with Crippen molar-refractivity contribution in [3.63, 3.8) is 0 Å². The Hall–Kier alpha value is 3.73. The van der Waals surface area contributed by atoms with Crippen molar-refractivity contribution in [1.29, 1.82) is 0 Å². The molecule has 0 bridgehead atoms. The van der Waals surface area contributed by atoms with Gasteiger partial charge in [0, 0.05) is 119 Å². The molecule has 0 N–H and O–H groups in total. The molecule has 0 aromatic rings. The Labute approximate surface area is 117 Å². The van der Waals surface area contributed by atoms with E-state index < -0.39 is 0 Å². The van der Waals surface area contributed by atoms with Gasteiger partial charge in [0.1, 0.15) is 0 Å². The largest absolute Gasteiger partial charge is 0 e. The second kappa shape index (κ2) is 37.5. The summed E-state index contributed by atoms with van der Waals surface area (Å²) in [6.07, 6.45) is 0. The van der Waals surface area contributed by atoms with Crippen molar-refractivity contribution in [3.05, 3.63) is 0 Å². The van der Waals surface area contributed by atoms with Gasteiger partial charge in [0.05, 0.1) is 0 Å². The zero-order valence-electron chi connectivity index (χ0n) is 2.24. The number of hydrogen-bond acceptors (Lipinski definition) is 0. The summed E-state index contributed by atoms with van der Waals surface area (Å²) in [5.74, 6) is 0. The standard InChI is InChI=1S/5Co.La. The first-order chi connectivity index (χ1) is 0. The van der Waals surface area contributed by atoms with Crippen molar-refractivity contribution in [2.45, 2.75) is 0 Å². The molecule has 0 aliphatic carbocycles. The van der Waals surface area contributed by atoms with Gasteiger partial charge in [-0.15, -0.1) is 0 Å². The molecule has 0 rings (SSSR count). The molecule has 0 saturated carbocycles. The second-order valence-corrected chi connectivity index (χ2v) is 0. The van der Waals surface area contributed by atoms with Crippen LogP contribution in [0.1, 0.15) is 0 Å². The minimum atomic E-state index is 0. The van der Waals surface area contributed by atoms with Crippen LogP contribution in [0.2, 0.25) is 0 Å². The first-order valence-electron chi connectivity index (χ1n) is 0. The molecule has 48 valence electrons. The van der Waals surface area contributed by atoms with Crippen LogP contribution in [0.5, 0.6) is 0 Å². The molecule has 0 saturated heterocycles. The minimum absolute atomic E-state index is 0. The Kier molecular flexibility index (Phi) is 333. The Morgan fingerprint density at radius 1 is 0.333 bits per heavy atom. The molecule has 0 aliphatic rings. The van der Waals surface area contributed by atoms with E-state index in [0.717, 1.165) is 0 Å². The smallest absolute Gasteiger partial charge is 0 e. The van der Waals surface area contributed by atoms with Gasteiger partial charge in [-0.25, -0.2) is 0 Å². The first-order valence-corrected chi connectivity index (χ1v) is 0. The summed E-state index contributed by atoms with van der Waals surface area (Å²) in [4.78, 5) is 0. The van der Waals surface area contributed by atoms with E-state index in [1.165, 1.54) is 0 Å². The van der Waals surface area contributed by atoms with Crippen molar-refractivity contribution in [2.75, 3.05) is 0 Å². The minimum Gasteiger partial charge on any atom is 0 e. The maximum Gasteiger partial charge on any atom is 0 e. The molecule has 0 aromatic heterocycles. The molecule has 0 aliphatic heterocycles. The second-order valence-electron chi connectivity index (χ2n) is 0. The fraction of sp³-hybridized carbons (Fsp3) is 0. The molecule has 0 aromatic carbocycles.